The Hall–Kier alpha value is -0.370. The fraction of sp³-hybridized carbons (Fsp3) is 0.800. The second kappa shape index (κ2) is 3.81. The van der Waals surface area contributed by atoms with Crippen LogP contribution in [0.25, 0.3) is 0 Å². The molecule has 7 heavy (non-hydrogen) atoms. The number of aliphatic imine (C=N–C) groups is 1. The standard InChI is InChI=1S/C5H12N2/c1-5(2)7-4-3-6/h3-4,6H2,1-2H3. The summed E-state index contributed by atoms with van der Waals surface area (Å²) in [6.07, 6.45) is 0. The molecule has 0 bridgehead atoms. The summed E-state index contributed by atoms with van der Waals surface area (Å²) in [5, 5.41) is 0. The molecular formula is C5H12N2. The highest BCUT2D eigenvalue weighted by Crippen LogP contribution is 1.70. The molecule has 0 aliphatic rings. The van der Waals surface area contributed by atoms with Gasteiger partial charge in [0.25, 0.3) is 0 Å². The molecule has 0 fully saturated rings. The van der Waals surface area contributed by atoms with Crippen LogP contribution in [0.15, 0.2) is 4.99 Å². The Kier molecular flexibility index (Phi) is 3.61. The molecule has 2 heteroatoms. The normalized spacial score (nSPS) is 8.43. The van der Waals surface area contributed by atoms with Crippen LogP contribution in [0.1, 0.15) is 13.8 Å². The first-order valence-corrected chi connectivity index (χ1v) is 2.45. The molecule has 0 aliphatic carbocycles. The van der Waals surface area contributed by atoms with Gasteiger partial charge in [-0.3, -0.25) is 4.99 Å². The number of rotatable bonds is 2. The fourth-order valence-electron chi connectivity index (χ4n) is 0.288. The molecule has 2 nitrogen and oxygen atoms in total. The molecule has 0 saturated carbocycles. The summed E-state index contributed by atoms with van der Waals surface area (Å²) < 4.78 is 0. The summed E-state index contributed by atoms with van der Waals surface area (Å²) in [7, 11) is 0. The Morgan fingerprint density at radius 2 is 2.14 bits per heavy atom. The van der Waals surface area contributed by atoms with Gasteiger partial charge in [-0.1, -0.05) is 0 Å². The van der Waals surface area contributed by atoms with E-state index in [1.165, 1.54) is 0 Å². The van der Waals surface area contributed by atoms with Gasteiger partial charge >= 0.3 is 0 Å². The molecule has 0 spiro atoms. The third kappa shape index (κ3) is 5.63. The molecule has 0 rings (SSSR count). The van der Waals surface area contributed by atoms with Crippen LogP contribution < -0.4 is 5.73 Å². The second-order valence-electron chi connectivity index (χ2n) is 1.62. The van der Waals surface area contributed by atoms with Crippen LogP contribution in [0, 0.1) is 0 Å². The summed E-state index contributed by atoms with van der Waals surface area (Å²) in [6, 6.07) is 0. The minimum atomic E-state index is 0.658. The first-order valence-electron chi connectivity index (χ1n) is 2.45. The molecule has 0 aliphatic heterocycles. The highest BCUT2D eigenvalue weighted by atomic mass is 14.8. The van der Waals surface area contributed by atoms with Crippen molar-refractivity contribution in [3.8, 4) is 0 Å². The summed E-state index contributed by atoms with van der Waals surface area (Å²) in [5.74, 6) is 0. The van der Waals surface area contributed by atoms with Gasteiger partial charge in [0.1, 0.15) is 0 Å². The van der Waals surface area contributed by atoms with Crippen LogP contribution in [-0.2, 0) is 0 Å². The van der Waals surface area contributed by atoms with Crippen molar-refractivity contribution in [3.63, 3.8) is 0 Å². The predicted octanol–water partition coefficient (Wildman–Crippen LogP) is 0.426. The zero-order valence-electron chi connectivity index (χ0n) is 4.94. The first kappa shape index (κ1) is 6.63. The van der Waals surface area contributed by atoms with E-state index in [1.807, 2.05) is 13.8 Å². The van der Waals surface area contributed by atoms with Crippen molar-refractivity contribution >= 4 is 5.71 Å². The largest absolute Gasteiger partial charge is 0.329 e. The molecule has 0 saturated heterocycles. The van der Waals surface area contributed by atoms with Gasteiger partial charge in [-0.25, -0.2) is 0 Å². The van der Waals surface area contributed by atoms with Crippen LogP contribution in [0.4, 0.5) is 0 Å². The summed E-state index contributed by atoms with van der Waals surface area (Å²) >= 11 is 0. The monoisotopic (exact) mass is 100 g/mol. The molecule has 0 unspecified atom stereocenters. The molecule has 2 N–H and O–H groups in total. The van der Waals surface area contributed by atoms with Gasteiger partial charge in [0.05, 0.1) is 6.54 Å². The van der Waals surface area contributed by atoms with Crippen molar-refractivity contribution in [1.82, 2.24) is 0 Å². The van der Waals surface area contributed by atoms with Crippen LogP contribution >= 0.6 is 0 Å². The SMILES string of the molecule is CC(C)=NCCN. The third-order valence-electron chi connectivity index (χ3n) is 0.557. The molecule has 0 aromatic rings. The number of nitrogens with zero attached hydrogens (tertiary/aromatic N) is 1. The second-order valence-corrected chi connectivity index (χ2v) is 1.62. The number of hydrogen-bond donors (Lipinski definition) is 1. The number of nitrogens with two attached hydrogens (primary N) is 1. The van der Waals surface area contributed by atoms with Gasteiger partial charge in [0, 0.05) is 12.3 Å². The maximum absolute atomic E-state index is 5.17. The Bertz CT molecular complexity index is 62.5. The lowest BCUT2D eigenvalue weighted by Gasteiger charge is -1.86. The zero-order valence-corrected chi connectivity index (χ0v) is 4.94. The maximum Gasteiger partial charge on any atom is 0.0511 e. The Morgan fingerprint density at radius 1 is 1.57 bits per heavy atom. The van der Waals surface area contributed by atoms with Crippen LogP contribution in [-0.4, -0.2) is 18.8 Å². The van der Waals surface area contributed by atoms with Gasteiger partial charge in [-0.15, -0.1) is 0 Å². The third-order valence-corrected chi connectivity index (χ3v) is 0.557. The van der Waals surface area contributed by atoms with E-state index in [2.05, 4.69) is 4.99 Å². The van der Waals surface area contributed by atoms with Gasteiger partial charge in [-0.2, -0.15) is 0 Å². The lowest BCUT2D eigenvalue weighted by molar-refractivity contribution is 0.973. The smallest absolute Gasteiger partial charge is 0.0511 e. The van der Waals surface area contributed by atoms with E-state index >= 15 is 0 Å². The van der Waals surface area contributed by atoms with E-state index in [1.54, 1.807) is 0 Å². The first-order chi connectivity index (χ1) is 3.27. The highest BCUT2D eigenvalue weighted by molar-refractivity contribution is 5.78. The van der Waals surface area contributed by atoms with Crippen LogP contribution in [0.2, 0.25) is 0 Å². The lowest BCUT2D eigenvalue weighted by Crippen LogP contribution is -2.03. The molecule has 0 amide bonds. The molecule has 0 aromatic heterocycles. The molecular weight excluding hydrogens is 88.1 g/mol. The van der Waals surface area contributed by atoms with Gasteiger partial charge in [0.15, 0.2) is 0 Å². The summed E-state index contributed by atoms with van der Waals surface area (Å²) in [6.45, 7) is 5.36. The van der Waals surface area contributed by atoms with E-state index in [0.717, 1.165) is 12.3 Å². The molecule has 0 atom stereocenters. The van der Waals surface area contributed by atoms with Gasteiger partial charge in [-0.05, 0) is 13.8 Å². The van der Waals surface area contributed by atoms with Crippen molar-refractivity contribution in [2.45, 2.75) is 13.8 Å². The lowest BCUT2D eigenvalue weighted by atomic mass is 10.5. The minimum Gasteiger partial charge on any atom is -0.329 e. The van der Waals surface area contributed by atoms with E-state index in [0.29, 0.717) is 6.54 Å². The minimum absolute atomic E-state index is 0.658. The topological polar surface area (TPSA) is 38.4 Å². The maximum atomic E-state index is 5.17. The molecule has 42 valence electrons. The van der Waals surface area contributed by atoms with E-state index < -0.39 is 0 Å². The average molecular weight is 100 g/mol. The van der Waals surface area contributed by atoms with Crippen molar-refractivity contribution in [3.05, 3.63) is 0 Å². The Morgan fingerprint density at radius 3 is 2.29 bits per heavy atom. The quantitative estimate of drug-likeness (QED) is 0.502. The van der Waals surface area contributed by atoms with Crippen LogP contribution in [0.3, 0.4) is 0 Å². The van der Waals surface area contributed by atoms with E-state index in [9.17, 15) is 0 Å². The van der Waals surface area contributed by atoms with Crippen molar-refractivity contribution in [2.24, 2.45) is 10.7 Å². The van der Waals surface area contributed by atoms with E-state index in [-0.39, 0.29) is 0 Å². The van der Waals surface area contributed by atoms with Gasteiger partial charge in [0.2, 0.25) is 0 Å². The highest BCUT2D eigenvalue weighted by Gasteiger charge is 1.73. The van der Waals surface area contributed by atoms with Crippen molar-refractivity contribution < 1.29 is 0 Å². The number of hydrogen-bond acceptors (Lipinski definition) is 2. The van der Waals surface area contributed by atoms with Crippen molar-refractivity contribution in [2.75, 3.05) is 13.1 Å². The zero-order chi connectivity index (χ0) is 5.70. The molecule has 0 heterocycles. The van der Waals surface area contributed by atoms with Gasteiger partial charge < -0.3 is 5.73 Å². The molecule has 0 aromatic carbocycles. The summed E-state index contributed by atoms with van der Waals surface area (Å²) in [5.41, 5.74) is 6.27. The fourth-order valence-corrected chi connectivity index (χ4v) is 0.288. The Labute approximate surface area is 44.4 Å². The molecule has 0 radical (unpaired) electrons. The average Bonchev–Trinajstić information content (AvgIpc) is 1.61. The summed E-state index contributed by atoms with van der Waals surface area (Å²) in [4.78, 5) is 4.03. The van der Waals surface area contributed by atoms with Crippen molar-refractivity contribution in [1.29, 1.82) is 0 Å². The van der Waals surface area contributed by atoms with E-state index in [4.69, 9.17) is 5.73 Å². The predicted molar refractivity (Wildman–Crippen MR) is 32.7 cm³/mol. The van der Waals surface area contributed by atoms with Crippen LogP contribution in [0.5, 0.6) is 0 Å². The Balaban J connectivity index is 3.08.